The highest BCUT2D eigenvalue weighted by Crippen LogP contribution is 2.28. The number of halogens is 1. The average Bonchev–Trinajstić information content (AvgIpc) is 3.18. The smallest absolute Gasteiger partial charge is 0.226 e. The number of aryl methyl sites for hydroxylation is 1. The van der Waals surface area contributed by atoms with Gasteiger partial charge in [0.15, 0.2) is 11.6 Å². The molecule has 0 spiro atoms. The summed E-state index contributed by atoms with van der Waals surface area (Å²) in [5.74, 6) is 3.16. The van der Waals surface area contributed by atoms with Gasteiger partial charge in [-0.25, -0.2) is 9.37 Å². The molecule has 170 valence electrons. The zero-order valence-electron chi connectivity index (χ0n) is 18.8. The normalized spacial score (nSPS) is 16.7. The number of benzene rings is 2. The number of piperidine rings is 1. The molecule has 0 bridgehead atoms. The SMILES string of the molecule is COc1ccc(OCC2CCCN(Cc3nc(-c4ccc(F)c(OC)c4)oc3C)C2)cc1. The Morgan fingerprint density at radius 2 is 1.88 bits per heavy atom. The van der Waals surface area contributed by atoms with E-state index < -0.39 is 5.82 Å². The van der Waals surface area contributed by atoms with E-state index in [0.717, 1.165) is 48.9 Å². The summed E-state index contributed by atoms with van der Waals surface area (Å²) >= 11 is 0. The summed E-state index contributed by atoms with van der Waals surface area (Å²) in [6.45, 7) is 5.28. The summed E-state index contributed by atoms with van der Waals surface area (Å²) in [5, 5.41) is 0. The van der Waals surface area contributed by atoms with Gasteiger partial charge in [0.25, 0.3) is 0 Å². The Bertz CT molecular complexity index is 1030. The van der Waals surface area contributed by atoms with Crippen LogP contribution >= 0.6 is 0 Å². The molecule has 1 aromatic heterocycles. The summed E-state index contributed by atoms with van der Waals surface area (Å²) in [4.78, 5) is 7.08. The maximum Gasteiger partial charge on any atom is 0.226 e. The maximum atomic E-state index is 13.7. The van der Waals surface area contributed by atoms with Crippen LogP contribution in [-0.2, 0) is 6.54 Å². The van der Waals surface area contributed by atoms with Crippen molar-refractivity contribution in [2.45, 2.75) is 26.3 Å². The van der Waals surface area contributed by atoms with Crippen molar-refractivity contribution in [3.05, 3.63) is 59.7 Å². The zero-order valence-corrected chi connectivity index (χ0v) is 18.8. The first kappa shape index (κ1) is 22.1. The van der Waals surface area contributed by atoms with Gasteiger partial charge in [0.05, 0.1) is 26.5 Å². The molecule has 1 unspecified atom stereocenters. The van der Waals surface area contributed by atoms with Crippen molar-refractivity contribution in [3.63, 3.8) is 0 Å². The van der Waals surface area contributed by atoms with E-state index >= 15 is 0 Å². The van der Waals surface area contributed by atoms with Crippen LogP contribution in [0.2, 0.25) is 0 Å². The number of likely N-dealkylation sites (tertiary alicyclic amines) is 1. The first-order valence-corrected chi connectivity index (χ1v) is 10.8. The maximum absolute atomic E-state index is 13.7. The molecule has 1 aliphatic rings. The lowest BCUT2D eigenvalue weighted by molar-refractivity contribution is 0.124. The summed E-state index contributed by atoms with van der Waals surface area (Å²) in [7, 11) is 3.10. The second kappa shape index (κ2) is 10.0. The van der Waals surface area contributed by atoms with Crippen molar-refractivity contribution in [1.29, 1.82) is 0 Å². The molecule has 32 heavy (non-hydrogen) atoms. The molecule has 3 aromatic rings. The van der Waals surface area contributed by atoms with Gasteiger partial charge in [0.2, 0.25) is 5.89 Å². The highest BCUT2D eigenvalue weighted by molar-refractivity contribution is 5.56. The molecule has 2 aromatic carbocycles. The van der Waals surface area contributed by atoms with E-state index in [1.54, 1.807) is 19.2 Å². The average molecular weight is 441 g/mol. The molecule has 0 saturated carbocycles. The number of rotatable bonds is 8. The van der Waals surface area contributed by atoms with Crippen LogP contribution in [-0.4, -0.2) is 43.8 Å². The van der Waals surface area contributed by atoms with E-state index in [9.17, 15) is 4.39 Å². The lowest BCUT2D eigenvalue weighted by Crippen LogP contribution is -2.37. The number of ether oxygens (including phenoxy) is 3. The third-order valence-corrected chi connectivity index (χ3v) is 5.81. The van der Waals surface area contributed by atoms with Crippen LogP contribution in [0.25, 0.3) is 11.5 Å². The van der Waals surface area contributed by atoms with Gasteiger partial charge in [-0.05, 0) is 68.8 Å². The second-order valence-corrected chi connectivity index (χ2v) is 8.10. The van der Waals surface area contributed by atoms with Crippen molar-refractivity contribution in [1.82, 2.24) is 9.88 Å². The molecule has 0 N–H and O–H groups in total. The fraction of sp³-hybridized carbons (Fsp3) is 0.400. The fourth-order valence-electron chi connectivity index (χ4n) is 4.02. The van der Waals surface area contributed by atoms with E-state index in [1.807, 2.05) is 31.2 Å². The molecular formula is C25H29FN2O4. The summed E-state index contributed by atoms with van der Waals surface area (Å²) in [5.41, 5.74) is 1.60. The lowest BCUT2D eigenvalue weighted by atomic mass is 9.99. The summed E-state index contributed by atoms with van der Waals surface area (Å²) in [6.07, 6.45) is 2.26. The minimum absolute atomic E-state index is 0.177. The molecule has 6 nitrogen and oxygen atoms in total. The Labute approximate surface area is 187 Å². The van der Waals surface area contributed by atoms with Gasteiger partial charge in [0, 0.05) is 24.6 Å². The Hall–Kier alpha value is -3.06. The van der Waals surface area contributed by atoms with E-state index in [-0.39, 0.29) is 5.75 Å². The van der Waals surface area contributed by atoms with Crippen LogP contribution < -0.4 is 14.2 Å². The number of nitrogens with zero attached hydrogens (tertiary/aromatic N) is 2. The van der Waals surface area contributed by atoms with E-state index in [2.05, 4.69) is 9.88 Å². The van der Waals surface area contributed by atoms with Gasteiger partial charge >= 0.3 is 0 Å². The molecule has 2 heterocycles. The Balaban J connectivity index is 1.36. The monoisotopic (exact) mass is 440 g/mol. The van der Waals surface area contributed by atoms with Crippen LogP contribution in [0.3, 0.4) is 0 Å². The molecule has 0 radical (unpaired) electrons. The van der Waals surface area contributed by atoms with Gasteiger partial charge in [-0.1, -0.05) is 0 Å². The minimum atomic E-state index is -0.407. The van der Waals surface area contributed by atoms with Crippen LogP contribution in [0.15, 0.2) is 46.9 Å². The zero-order chi connectivity index (χ0) is 22.5. The van der Waals surface area contributed by atoms with Crippen molar-refractivity contribution in [3.8, 4) is 28.7 Å². The predicted octanol–water partition coefficient (Wildman–Crippen LogP) is 5.10. The topological polar surface area (TPSA) is 57.0 Å². The molecule has 1 fully saturated rings. The first-order valence-electron chi connectivity index (χ1n) is 10.8. The van der Waals surface area contributed by atoms with Gasteiger partial charge in [-0.15, -0.1) is 0 Å². The van der Waals surface area contributed by atoms with Crippen molar-refractivity contribution < 1.29 is 23.0 Å². The molecule has 1 atom stereocenters. The number of hydrogen-bond acceptors (Lipinski definition) is 6. The minimum Gasteiger partial charge on any atom is -0.497 e. The van der Waals surface area contributed by atoms with Gasteiger partial charge in [0.1, 0.15) is 17.3 Å². The fourth-order valence-corrected chi connectivity index (χ4v) is 4.02. The quantitative estimate of drug-likeness (QED) is 0.486. The van der Waals surface area contributed by atoms with Crippen LogP contribution in [0.1, 0.15) is 24.3 Å². The van der Waals surface area contributed by atoms with Crippen molar-refractivity contribution in [2.24, 2.45) is 5.92 Å². The Morgan fingerprint density at radius 1 is 1.09 bits per heavy atom. The van der Waals surface area contributed by atoms with Gasteiger partial charge < -0.3 is 18.6 Å². The molecule has 1 saturated heterocycles. The van der Waals surface area contributed by atoms with Crippen LogP contribution in [0, 0.1) is 18.7 Å². The third kappa shape index (κ3) is 5.22. The number of methoxy groups -OCH3 is 2. The largest absolute Gasteiger partial charge is 0.497 e. The molecule has 0 amide bonds. The number of aromatic nitrogens is 1. The van der Waals surface area contributed by atoms with E-state index in [4.69, 9.17) is 18.6 Å². The standard InChI is InChI=1S/C25H29FN2O4/c1-17-23(27-25(32-17)19-6-11-22(26)24(13-19)30-3)15-28-12-4-5-18(14-28)16-31-21-9-7-20(29-2)8-10-21/h6-11,13,18H,4-5,12,14-16H2,1-3H3. The Kier molecular flexibility index (Phi) is 6.95. The highest BCUT2D eigenvalue weighted by Gasteiger charge is 2.23. The third-order valence-electron chi connectivity index (χ3n) is 5.81. The van der Waals surface area contributed by atoms with Crippen molar-refractivity contribution >= 4 is 0 Å². The number of hydrogen-bond donors (Lipinski definition) is 0. The number of oxazole rings is 1. The van der Waals surface area contributed by atoms with E-state index in [0.29, 0.717) is 30.5 Å². The predicted molar refractivity (Wildman–Crippen MR) is 120 cm³/mol. The molecular weight excluding hydrogens is 411 g/mol. The first-order chi connectivity index (χ1) is 15.6. The molecule has 0 aliphatic carbocycles. The summed E-state index contributed by atoms with van der Waals surface area (Å²) in [6, 6.07) is 12.3. The molecule has 4 rings (SSSR count). The Morgan fingerprint density at radius 3 is 2.62 bits per heavy atom. The van der Waals surface area contributed by atoms with Crippen LogP contribution in [0.4, 0.5) is 4.39 Å². The second-order valence-electron chi connectivity index (χ2n) is 8.10. The van der Waals surface area contributed by atoms with E-state index in [1.165, 1.54) is 13.2 Å². The van der Waals surface area contributed by atoms with Gasteiger partial charge in [-0.3, -0.25) is 4.90 Å². The highest BCUT2D eigenvalue weighted by atomic mass is 19.1. The lowest BCUT2D eigenvalue weighted by Gasteiger charge is -2.32. The van der Waals surface area contributed by atoms with Gasteiger partial charge in [-0.2, -0.15) is 0 Å². The summed E-state index contributed by atoms with van der Waals surface area (Å²) < 4.78 is 35.9. The molecule has 7 heteroatoms. The van der Waals surface area contributed by atoms with Crippen molar-refractivity contribution in [2.75, 3.05) is 33.9 Å². The molecule has 1 aliphatic heterocycles. The van der Waals surface area contributed by atoms with Crippen LogP contribution in [0.5, 0.6) is 17.2 Å².